The quantitative estimate of drug-likeness (QED) is 0.199. The lowest BCUT2D eigenvalue weighted by Crippen LogP contribution is -2.51. The van der Waals surface area contributed by atoms with Crippen molar-refractivity contribution in [2.45, 2.75) is 57.3 Å². The molecule has 0 aromatic carbocycles. The van der Waals surface area contributed by atoms with Crippen LogP contribution in [0.2, 0.25) is 0 Å². The average Bonchev–Trinajstić information content (AvgIpc) is 3.40. The predicted octanol–water partition coefficient (Wildman–Crippen LogP) is 0.397. The number of nitrogens with zero attached hydrogens (tertiary/aromatic N) is 5. The molecule has 0 saturated carbocycles. The third-order valence-corrected chi connectivity index (χ3v) is 5.64. The number of carbonyl (C=O) groups is 4. The summed E-state index contributed by atoms with van der Waals surface area (Å²) in [5.74, 6) is -2.10. The Balaban J connectivity index is 1.88. The predicted molar refractivity (Wildman–Crippen MR) is 126 cm³/mol. The normalized spacial score (nSPS) is 12.8. The van der Waals surface area contributed by atoms with Gasteiger partial charge in [-0.1, -0.05) is 0 Å². The van der Waals surface area contributed by atoms with E-state index in [1.807, 2.05) is 35.6 Å². The fraction of sp³-hybridized carbons (Fsp3) is 0.545. The third-order valence-electron chi connectivity index (χ3n) is 5.64. The molecule has 2 aromatic heterocycles. The van der Waals surface area contributed by atoms with Crippen molar-refractivity contribution in [1.82, 2.24) is 34.6 Å². The van der Waals surface area contributed by atoms with Crippen LogP contribution in [0.4, 0.5) is 4.79 Å². The van der Waals surface area contributed by atoms with Crippen LogP contribution >= 0.6 is 0 Å². The van der Waals surface area contributed by atoms with E-state index in [9.17, 15) is 24.3 Å². The lowest BCUT2D eigenvalue weighted by atomic mass is 10.1. The van der Waals surface area contributed by atoms with Crippen molar-refractivity contribution in [1.29, 1.82) is 0 Å². The van der Waals surface area contributed by atoms with Gasteiger partial charge in [-0.05, 0) is 32.2 Å². The lowest BCUT2D eigenvalue weighted by molar-refractivity contribution is -0.140. The van der Waals surface area contributed by atoms with E-state index >= 15 is 0 Å². The molecule has 0 fully saturated rings. The van der Waals surface area contributed by atoms with Gasteiger partial charge in [0, 0.05) is 45.3 Å². The number of hydrogen-bond donors (Lipinski definition) is 5. The van der Waals surface area contributed by atoms with Gasteiger partial charge in [0.1, 0.15) is 23.7 Å². The van der Waals surface area contributed by atoms with E-state index in [2.05, 4.69) is 25.5 Å². The van der Waals surface area contributed by atoms with Crippen molar-refractivity contribution >= 4 is 23.9 Å². The van der Waals surface area contributed by atoms with E-state index in [-0.39, 0.29) is 12.8 Å². The summed E-state index contributed by atoms with van der Waals surface area (Å²) < 4.78 is 3.85. The number of rotatable bonds is 16. The molecule has 14 heteroatoms. The van der Waals surface area contributed by atoms with Gasteiger partial charge in [-0.15, -0.1) is 0 Å². The highest BCUT2D eigenvalue weighted by Gasteiger charge is 2.25. The first-order chi connectivity index (χ1) is 17.1. The zero-order valence-electron chi connectivity index (χ0n) is 20.3. The SMILES string of the molecule is Cn1ccnc1CN(CCCC[C@H](NC(=O)N[C@@H](CCC(=O)O)C(=O)O)C(=O)O)Cc1nccn1C. The van der Waals surface area contributed by atoms with E-state index in [0.29, 0.717) is 32.5 Å². The van der Waals surface area contributed by atoms with Crippen LogP contribution in [0, 0.1) is 0 Å². The van der Waals surface area contributed by atoms with Crippen LogP contribution < -0.4 is 10.6 Å². The van der Waals surface area contributed by atoms with Gasteiger partial charge in [0.2, 0.25) is 0 Å². The number of carboxylic acid groups (broad SMARTS) is 3. The molecule has 36 heavy (non-hydrogen) atoms. The minimum atomic E-state index is -1.44. The number of urea groups is 1. The molecule has 14 nitrogen and oxygen atoms in total. The molecule has 2 heterocycles. The smallest absolute Gasteiger partial charge is 0.326 e. The molecule has 0 aliphatic carbocycles. The first-order valence-electron chi connectivity index (χ1n) is 11.5. The van der Waals surface area contributed by atoms with Crippen molar-refractivity contribution in [2.75, 3.05) is 6.54 Å². The largest absolute Gasteiger partial charge is 0.481 e. The maximum atomic E-state index is 12.2. The number of hydrogen-bond acceptors (Lipinski definition) is 7. The monoisotopic (exact) mass is 507 g/mol. The van der Waals surface area contributed by atoms with Crippen LogP contribution in [0.25, 0.3) is 0 Å². The van der Waals surface area contributed by atoms with Crippen molar-refractivity contribution in [3.63, 3.8) is 0 Å². The van der Waals surface area contributed by atoms with Crippen LogP contribution in [0.1, 0.15) is 43.8 Å². The number of aliphatic carboxylic acids is 3. The summed E-state index contributed by atoms with van der Waals surface area (Å²) in [6.45, 7) is 1.78. The van der Waals surface area contributed by atoms with Crippen LogP contribution in [-0.4, -0.2) is 81.9 Å². The second kappa shape index (κ2) is 13.8. The van der Waals surface area contributed by atoms with Crippen LogP contribution in [-0.2, 0) is 41.6 Å². The molecule has 0 unspecified atom stereocenters. The van der Waals surface area contributed by atoms with Crippen molar-refractivity contribution in [3.05, 3.63) is 36.4 Å². The number of aromatic nitrogens is 4. The maximum absolute atomic E-state index is 12.2. The zero-order valence-corrected chi connectivity index (χ0v) is 20.3. The number of amides is 2. The number of nitrogens with one attached hydrogen (secondary N) is 2. The van der Waals surface area contributed by atoms with Gasteiger partial charge in [0.15, 0.2) is 0 Å². The lowest BCUT2D eigenvalue weighted by Gasteiger charge is -2.22. The first kappa shape index (κ1) is 28.3. The van der Waals surface area contributed by atoms with E-state index < -0.39 is 42.4 Å². The maximum Gasteiger partial charge on any atom is 0.326 e. The Hall–Kier alpha value is -3.94. The van der Waals surface area contributed by atoms with E-state index in [1.54, 1.807) is 12.4 Å². The standard InChI is InChI=1S/C22H33N7O7/c1-27-11-8-23-17(27)13-29(14-18-24-9-12-28(18)2)10-4-3-5-15(20(32)33)25-22(36)26-16(21(34)35)6-7-19(30)31/h8-9,11-12,15-16H,3-7,10,13-14H2,1-2H3,(H,30,31)(H,32,33)(H,34,35)(H2,25,26,36)/t15-,16-/m0/s1. The van der Waals surface area contributed by atoms with Crippen molar-refractivity contribution < 1.29 is 34.5 Å². The van der Waals surface area contributed by atoms with Crippen LogP contribution in [0.15, 0.2) is 24.8 Å². The summed E-state index contributed by atoms with van der Waals surface area (Å²) in [6.07, 6.45) is 7.64. The molecule has 2 rings (SSSR count). The molecular formula is C22H33N7O7. The molecule has 0 bridgehead atoms. The number of unbranched alkanes of at least 4 members (excludes halogenated alkanes) is 1. The Morgan fingerprint density at radius 2 is 1.36 bits per heavy atom. The number of carboxylic acids is 3. The molecular weight excluding hydrogens is 474 g/mol. The summed E-state index contributed by atoms with van der Waals surface area (Å²) in [7, 11) is 3.82. The molecule has 2 atom stereocenters. The minimum absolute atomic E-state index is 0.133. The van der Waals surface area contributed by atoms with E-state index in [0.717, 1.165) is 11.6 Å². The summed E-state index contributed by atoms with van der Waals surface area (Å²) in [5, 5.41) is 31.7. The molecule has 0 radical (unpaired) electrons. The Labute approximate surface area is 207 Å². The van der Waals surface area contributed by atoms with Crippen LogP contribution in [0.3, 0.4) is 0 Å². The molecule has 0 aliphatic rings. The molecule has 0 spiro atoms. The fourth-order valence-corrected chi connectivity index (χ4v) is 3.54. The first-order valence-corrected chi connectivity index (χ1v) is 11.5. The molecule has 2 aromatic rings. The van der Waals surface area contributed by atoms with Crippen LogP contribution in [0.5, 0.6) is 0 Å². The summed E-state index contributed by atoms with van der Waals surface area (Å²) in [5.41, 5.74) is 0. The second-order valence-corrected chi connectivity index (χ2v) is 8.45. The van der Waals surface area contributed by atoms with Crippen molar-refractivity contribution in [2.24, 2.45) is 14.1 Å². The Morgan fingerprint density at radius 1 is 0.861 bits per heavy atom. The highest BCUT2D eigenvalue weighted by Crippen LogP contribution is 2.11. The van der Waals surface area contributed by atoms with Crippen molar-refractivity contribution in [3.8, 4) is 0 Å². The summed E-state index contributed by atoms with van der Waals surface area (Å²) in [4.78, 5) is 56.6. The van der Waals surface area contributed by atoms with Gasteiger partial charge in [-0.3, -0.25) is 9.69 Å². The highest BCUT2D eigenvalue weighted by atomic mass is 16.4. The van der Waals surface area contributed by atoms with Gasteiger partial charge in [-0.2, -0.15) is 0 Å². The average molecular weight is 508 g/mol. The molecule has 0 saturated heterocycles. The Morgan fingerprint density at radius 3 is 1.78 bits per heavy atom. The van der Waals surface area contributed by atoms with Gasteiger partial charge in [0.25, 0.3) is 0 Å². The summed E-state index contributed by atoms with van der Waals surface area (Å²) in [6, 6.07) is -3.65. The Bertz CT molecular complexity index is 993. The number of aryl methyl sites for hydroxylation is 2. The Kier molecular flexibility index (Phi) is 10.9. The minimum Gasteiger partial charge on any atom is -0.481 e. The molecule has 0 aliphatic heterocycles. The second-order valence-electron chi connectivity index (χ2n) is 8.45. The molecule has 5 N–H and O–H groups in total. The zero-order chi connectivity index (χ0) is 26.7. The highest BCUT2D eigenvalue weighted by molar-refractivity contribution is 5.86. The summed E-state index contributed by atoms with van der Waals surface area (Å²) >= 11 is 0. The number of imidazole rings is 2. The van der Waals surface area contributed by atoms with Gasteiger partial charge < -0.3 is 35.1 Å². The van der Waals surface area contributed by atoms with Gasteiger partial charge >= 0.3 is 23.9 Å². The van der Waals surface area contributed by atoms with Gasteiger partial charge in [-0.25, -0.2) is 24.4 Å². The molecule has 198 valence electrons. The molecule has 2 amide bonds. The topological polar surface area (TPSA) is 192 Å². The van der Waals surface area contributed by atoms with E-state index in [4.69, 9.17) is 10.2 Å². The van der Waals surface area contributed by atoms with Gasteiger partial charge in [0.05, 0.1) is 13.1 Å². The fourth-order valence-electron chi connectivity index (χ4n) is 3.54. The number of carbonyl (C=O) groups excluding carboxylic acids is 1. The van der Waals surface area contributed by atoms with E-state index in [1.165, 1.54) is 0 Å². The third kappa shape index (κ3) is 9.37.